The lowest BCUT2D eigenvalue weighted by Crippen LogP contribution is -2.43. The van der Waals surface area contributed by atoms with Crippen LogP contribution in [0.4, 0.5) is 4.79 Å². The number of hydrogen-bond donors (Lipinski definition) is 2. The zero-order valence-electron chi connectivity index (χ0n) is 10.9. The van der Waals surface area contributed by atoms with Gasteiger partial charge in [0.15, 0.2) is 0 Å². The Balaban J connectivity index is 3.97. The van der Waals surface area contributed by atoms with Crippen LogP contribution < -0.4 is 10.9 Å². The standard InChI is InChI=1S/C11H18N2O5/c1-5-17-9(15)7-6-8(14)12-13-10(16)18-11(2,3)4/h6-7H,5H2,1-4H3,(H,12,14)(H,13,16)/b7-6+. The number of rotatable bonds is 3. The van der Waals surface area contributed by atoms with Crippen LogP contribution in [0.25, 0.3) is 0 Å². The summed E-state index contributed by atoms with van der Waals surface area (Å²) < 4.78 is 9.44. The molecule has 0 aromatic carbocycles. The first-order chi connectivity index (χ1) is 8.24. The molecular formula is C11H18N2O5. The molecule has 18 heavy (non-hydrogen) atoms. The molecule has 2 N–H and O–H groups in total. The molecule has 0 bridgehead atoms. The Morgan fingerprint density at radius 3 is 2.22 bits per heavy atom. The molecule has 0 aromatic heterocycles. The Bertz CT molecular complexity index is 344. The van der Waals surface area contributed by atoms with E-state index in [4.69, 9.17) is 4.74 Å². The van der Waals surface area contributed by atoms with Crippen LogP contribution in [0, 0.1) is 0 Å². The first-order valence-electron chi connectivity index (χ1n) is 5.38. The number of amides is 2. The fourth-order valence-electron chi connectivity index (χ4n) is 0.792. The predicted octanol–water partition coefficient (Wildman–Crippen LogP) is 0.662. The molecule has 0 aliphatic heterocycles. The van der Waals surface area contributed by atoms with E-state index < -0.39 is 23.6 Å². The van der Waals surface area contributed by atoms with Crippen LogP contribution in [0.1, 0.15) is 27.7 Å². The van der Waals surface area contributed by atoms with E-state index in [1.54, 1.807) is 27.7 Å². The number of carbonyl (C=O) groups excluding carboxylic acids is 3. The molecule has 0 saturated heterocycles. The molecule has 0 spiro atoms. The van der Waals surface area contributed by atoms with Crippen LogP contribution in [-0.2, 0) is 19.1 Å². The minimum atomic E-state index is -0.791. The molecular weight excluding hydrogens is 240 g/mol. The highest BCUT2D eigenvalue weighted by Gasteiger charge is 2.15. The molecule has 2 amide bonds. The van der Waals surface area contributed by atoms with Crippen molar-refractivity contribution in [1.82, 2.24) is 10.9 Å². The summed E-state index contributed by atoms with van der Waals surface area (Å²) in [5.74, 6) is -1.31. The van der Waals surface area contributed by atoms with E-state index in [2.05, 4.69) is 4.74 Å². The van der Waals surface area contributed by atoms with Crippen molar-refractivity contribution in [2.45, 2.75) is 33.3 Å². The number of hydrogen-bond acceptors (Lipinski definition) is 5. The first-order valence-corrected chi connectivity index (χ1v) is 5.38. The molecule has 0 radical (unpaired) electrons. The maximum absolute atomic E-state index is 11.1. The summed E-state index contributed by atoms with van der Waals surface area (Å²) in [4.78, 5) is 33.2. The normalized spacial score (nSPS) is 10.9. The average molecular weight is 258 g/mol. The average Bonchev–Trinajstić information content (AvgIpc) is 2.21. The van der Waals surface area contributed by atoms with Crippen molar-refractivity contribution in [3.05, 3.63) is 12.2 Å². The summed E-state index contributed by atoms with van der Waals surface area (Å²) in [6, 6.07) is 0. The van der Waals surface area contributed by atoms with Gasteiger partial charge in [0.1, 0.15) is 5.60 Å². The Morgan fingerprint density at radius 1 is 1.11 bits per heavy atom. The van der Waals surface area contributed by atoms with E-state index in [1.165, 1.54) is 0 Å². The summed E-state index contributed by atoms with van der Waals surface area (Å²) in [7, 11) is 0. The summed E-state index contributed by atoms with van der Waals surface area (Å²) >= 11 is 0. The molecule has 0 aromatic rings. The number of carbonyl (C=O) groups is 3. The third-order valence-electron chi connectivity index (χ3n) is 1.34. The van der Waals surface area contributed by atoms with Crippen LogP contribution in [0.2, 0.25) is 0 Å². The Kier molecular flexibility index (Phi) is 6.48. The van der Waals surface area contributed by atoms with E-state index >= 15 is 0 Å². The van der Waals surface area contributed by atoms with Crippen LogP contribution >= 0.6 is 0 Å². The van der Waals surface area contributed by atoms with Crippen molar-refractivity contribution in [1.29, 1.82) is 0 Å². The van der Waals surface area contributed by atoms with Gasteiger partial charge in [0, 0.05) is 12.2 Å². The quantitative estimate of drug-likeness (QED) is 0.440. The fourth-order valence-corrected chi connectivity index (χ4v) is 0.792. The highest BCUT2D eigenvalue weighted by Crippen LogP contribution is 2.05. The van der Waals surface area contributed by atoms with Crippen LogP contribution in [0.5, 0.6) is 0 Å². The third-order valence-corrected chi connectivity index (χ3v) is 1.34. The molecule has 0 heterocycles. The van der Waals surface area contributed by atoms with E-state index in [0.717, 1.165) is 12.2 Å². The first kappa shape index (κ1) is 16.0. The molecule has 0 unspecified atom stereocenters. The summed E-state index contributed by atoms with van der Waals surface area (Å²) in [6.45, 7) is 6.94. The van der Waals surface area contributed by atoms with Gasteiger partial charge in [-0.05, 0) is 27.7 Å². The van der Waals surface area contributed by atoms with E-state index in [0.29, 0.717) is 0 Å². The predicted molar refractivity (Wildman–Crippen MR) is 63.3 cm³/mol. The van der Waals surface area contributed by atoms with Gasteiger partial charge >= 0.3 is 12.1 Å². The van der Waals surface area contributed by atoms with Gasteiger partial charge in [0.25, 0.3) is 5.91 Å². The number of esters is 1. The van der Waals surface area contributed by atoms with Gasteiger partial charge in [0.05, 0.1) is 6.61 Å². The molecule has 0 aliphatic carbocycles. The van der Waals surface area contributed by atoms with Gasteiger partial charge in [-0.3, -0.25) is 10.2 Å². The second kappa shape index (κ2) is 7.31. The lowest BCUT2D eigenvalue weighted by molar-refractivity contribution is -0.137. The van der Waals surface area contributed by atoms with Gasteiger partial charge in [0.2, 0.25) is 0 Å². The molecule has 0 fully saturated rings. The van der Waals surface area contributed by atoms with Gasteiger partial charge in [-0.1, -0.05) is 0 Å². The molecule has 102 valence electrons. The van der Waals surface area contributed by atoms with Crippen molar-refractivity contribution in [2.75, 3.05) is 6.61 Å². The Morgan fingerprint density at radius 2 is 1.72 bits per heavy atom. The topological polar surface area (TPSA) is 93.7 Å². The van der Waals surface area contributed by atoms with Crippen molar-refractivity contribution in [3.8, 4) is 0 Å². The fraction of sp³-hybridized carbons (Fsp3) is 0.545. The summed E-state index contributed by atoms with van der Waals surface area (Å²) in [6.07, 6.45) is 1.10. The van der Waals surface area contributed by atoms with Crippen LogP contribution in [0.3, 0.4) is 0 Å². The lowest BCUT2D eigenvalue weighted by atomic mass is 10.2. The highest BCUT2D eigenvalue weighted by atomic mass is 16.6. The maximum atomic E-state index is 11.1. The molecule has 7 heteroatoms. The van der Waals surface area contributed by atoms with Gasteiger partial charge in [-0.2, -0.15) is 0 Å². The Hall–Kier alpha value is -2.05. The van der Waals surface area contributed by atoms with Gasteiger partial charge in [-0.25, -0.2) is 15.0 Å². The van der Waals surface area contributed by atoms with Crippen LogP contribution in [0.15, 0.2) is 12.2 Å². The van der Waals surface area contributed by atoms with Crippen molar-refractivity contribution < 1.29 is 23.9 Å². The second-order valence-electron chi connectivity index (χ2n) is 4.20. The second-order valence-corrected chi connectivity index (χ2v) is 4.20. The monoisotopic (exact) mass is 258 g/mol. The van der Waals surface area contributed by atoms with E-state index in [9.17, 15) is 14.4 Å². The summed E-state index contributed by atoms with van der Waals surface area (Å²) in [5.41, 5.74) is 3.42. The number of nitrogens with one attached hydrogen (secondary N) is 2. The smallest absolute Gasteiger partial charge is 0.426 e. The largest absolute Gasteiger partial charge is 0.463 e. The molecule has 0 atom stereocenters. The zero-order chi connectivity index (χ0) is 14.2. The van der Waals surface area contributed by atoms with Crippen molar-refractivity contribution in [2.24, 2.45) is 0 Å². The minimum absolute atomic E-state index is 0.223. The number of hydrazine groups is 1. The molecule has 0 saturated carbocycles. The van der Waals surface area contributed by atoms with E-state index in [-0.39, 0.29) is 6.61 Å². The maximum Gasteiger partial charge on any atom is 0.426 e. The molecule has 0 aliphatic rings. The molecule has 0 rings (SSSR count). The van der Waals surface area contributed by atoms with Gasteiger partial charge in [-0.15, -0.1) is 0 Å². The van der Waals surface area contributed by atoms with E-state index in [1.807, 2.05) is 10.9 Å². The highest BCUT2D eigenvalue weighted by molar-refractivity contribution is 5.95. The third kappa shape index (κ3) is 9.20. The van der Waals surface area contributed by atoms with Crippen molar-refractivity contribution in [3.63, 3.8) is 0 Å². The van der Waals surface area contributed by atoms with Crippen LogP contribution in [-0.4, -0.2) is 30.2 Å². The number of ether oxygens (including phenoxy) is 2. The summed E-state index contributed by atoms with van der Waals surface area (Å²) in [5, 5.41) is 0. The minimum Gasteiger partial charge on any atom is -0.463 e. The Labute approximate surface area is 105 Å². The lowest BCUT2D eigenvalue weighted by Gasteiger charge is -2.19. The van der Waals surface area contributed by atoms with Crippen molar-refractivity contribution >= 4 is 18.0 Å². The molecule has 7 nitrogen and oxygen atoms in total. The SMILES string of the molecule is CCOC(=O)/C=C/C(=O)NNC(=O)OC(C)(C)C. The van der Waals surface area contributed by atoms with Gasteiger partial charge < -0.3 is 9.47 Å². The zero-order valence-corrected chi connectivity index (χ0v) is 10.9.